The molecule has 1 rings (SSSR count). The number of benzene rings is 1. The molecule has 1 aromatic carbocycles. The number of carboxylic acid groups (broad SMARTS) is 1. The summed E-state index contributed by atoms with van der Waals surface area (Å²) in [5, 5.41) is 17.0. The first-order chi connectivity index (χ1) is 7.13. The van der Waals surface area contributed by atoms with Gasteiger partial charge in [-0.15, -0.1) is 0 Å². The van der Waals surface area contributed by atoms with Crippen LogP contribution >= 0.6 is 0 Å². The zero-order valence-electron chi connectivity index (χ0n) is 7.96. The molecule has 1 radical (unpaired) electrons. The Morgan fingerprint density at radius 1 is 1.47 bits per heavy atom. The van der Waals surface area contributed by atoms with Crippen molar-refractivity contribution in [2.75, 3.05) is 0 Å². The lowest BCUT2D eigenvalue weighted by Crippen LogP contribution is -2.32. The third kappa shape index (κ3) is 3.61. The Kier molecular flexibility index (Phi) is 4.14. The summed E-state index contributed by atoms with van der Waals surface area (Å²) in [6.07, 6.45) is 0.262. The van der Waals surface area contributed by atoms with E-state index < -0.39 is 12.0 Å². The number of aliphatic carboxylic acids is 1. The van der Waals surface area contributed by atoms with E-state index in [1.807, 2.05) is 0 Å². The number of carboxylic acids is 1. The molecule has 0 aliphatic carbocycles. The average Bonchev–Trinajstić information content (AvgIpc) is 2.21. The van der Waals surface area contributed by atoms with Gasteiger partial charge in [-0.2, -0.15) is 0 Å². The molecule has 79 valence electrons. The Balaban J connectivity index is 2.60. The van der Waals surface area contributed by atoms with Gasteiger partial charge in [-0.3, -0.25) is 4.79 Å². The fraction of sp³-hybridized carbons (Fsp3) is 0.222. The molecule has 0 spiro atoms. The molecule has 1 atom stereocenters. The van der Waals surface area contributed by atoms with Crippen LogP contribution in [0.25, 0.3) is 0 Å². The summed E-state index contributed by atoms with van der Waals surface area (Å²) >= 11 is 0. The maximum absolute atomic E-state index is 10.5. The van der Waals surface area contributed by atoms with Gasteiger partial charge in [0.15, 0.2) is 0 Å². The molecule has 0 fully saturated rings. The summed E-state index contributed by atoms with van der Waals surface area (Å²) in [6, 6.07) is 5.73. The van der Waals surface area contributed by atoms with Gasteiger partial charge in [-0.05, 0) is 24.1 Å². The van der Waals surface area contributed by atoms with E-state index in [1.165, 1.54) is 0 Å². The molecular formula is C9H11BNO4. The van der Waals surface area contributed by atoms with Crippen LogP contribution in [0.5, 0.6) is 5.75 Å². The van der Waals surface area contributed by atoms with Gasteiger partial charge in [-0.1, -0.05) is 12.1 Å². The molecule has 0 aliphatic heterocycles. The molecule has 1 aromatic rings. The summed E-state index contributed by atoms with van der Waals surface area (Å²) in [5.41, 5.74) is 6.17. The van der Waals surface area contributed by atoms with Gasteiger partial charge in [-0.25, -0.2) is 0 Å². The number of nitrogens with two attached hydrogens (primary N) is 1. The van der Waals surface area contributed by atoms with Crippen molar-refractivity contribution in [2.45, 2.75) is 12.5 Å². The molecular weight excluding hydrogens is 197 g/mol. The minimum atomic E-state index is -1.03. The average molecular weight is 208 g/mol. The van der Waals surface area contributed by atoms with Gasteiger partial charge < -0.3 is 20.5 Å². The van der Waals surface area contributed by atoms with E-state index in [9.17, 15) is 4.79 Å². The van der Waals surface area contributed by atoms with Crippen molar-refractivity contribution >= 4 is 13.7 Å². The monoisotopic (exact) mass is 208 g/mol. The third-order valence-corrected chi connectivity index (χ3v) is 1.88. The number of carbonyl (C=O) groups is 1. The van der Waals surface area contributed by atoms with E-state index in [0.717, 1.165) is 5.56 Å². The van der Waals surface area contributed by atoms with Crippen molar-refractivity contribution in [1.82, 2.24) is 0 Å². The molecule has 0 saturated heterocycles. The van der Waals surface area contributed by atoms with Crippen molar-refractivity contribution in [3.8, 4) is 5.75 Å². The first kappa shape index (κ1) is 11.5. The molecule has 0 bridgehead atoms. The van der Waals surface area contributed by atoms with Crippen LogP contribution in [-0.2, 0) is 11.2 Å². The van der Waals surface area contributed by atoms with Gasteiger partial charge in [0.05, 0.1) is 5.75 Å². The molecule has 0 aromatic heterocycles. The molecule has 5 nitrogen and oxygen atoms in total. The van der Waals surface area contributed by atoms with Crippen LogP contribution in [0.15, 0.2) is 24.3 Å². The quantitative estimate of drug-likeness (QED) is 0.569. The van der Waals surface area contributed by atoms with Crippen LogP contribution in [0.2, 0.25) is 0 Å². The fourth-order valence-electron chi connectivity index (χ4n) is 1.11. The highest BCUT2D eigenvalue weighted by Crippen LogP contribution is 2.12. The Hall–Kier alpha value is -1.53. The van der Waals surface area contributed by atoms with Crippen LogP contribution in [0.4, 0.5) is 0 Å². The predicted molar refractivity (Wildman–Crippen MR) is 54.4 cm³/mol. The molecule has 0 saturated carbocycles. The third-order valence-electron chi connectivity index (χ3n) is 1.88. The van der Waals surface area contributed by atoms with Gasteiger partial charge in [0.2, 0.25) is 0 Å². The molecule has 6 heteroatoms. The summed E-state index contributed by atoms with van der Waals surface area (Å²) in [7, 11) is 0.581. The highest BCUT2D eigenvalue weighted by atomic mass is 16.5. The summed E-state index contributed by atoms with van der Waals surface area (Å²) in [5.74, 6) is -0.552. The van der Waals surface area contributed by atoms with Crippen LogP contribution < -0.4 is 10.4 Å². The molecule has 0 heterocycles. The second kappa shape index (κ2) is 5.38. The van der Waals surface area contributed by atoms with Crippen LogP contribution in [0.3, 0.4) is 0 Å². The van der Waals surface area contributed by atoms with E-state index in [2.05, 4.69) is 0 Å². The first-order valence-electron chi connectivity index (χ1n) is 4.33. The van der Waals surface area contributed by atoms with Crippen LogP contribution in [-0.4, -0.2) is 29.8 Å². The standard InChI is InChI=1S/C9H11BNO4/c11-8(9(12)13)5-6-1-3-7(4-2-6)15-10-14/h1-4,8,14H,5,11H2,(H,12,13)/t8-/m0/s1. The Bertz CT molecular complexity index is 327. The van der Waals surface area contributed by atoms with E-state index in [-0.39, 0.29) is 6.42 Å². The lowest BCUT2D eigenvalue weighted by Gasteiger charge is -2.07. The van der Waals surface area contributed by atoms with E-state index >= 15 is 0 Å². The highest BCUT2D eigenvalue weighted by Gasteiger charge is 2.11. The van der Waals surface area contributed by atoms with E-state index in [4.69, 9.17) is 20.5 Å². The van der Waals surface area contributed by atoms with E-state index in [0.29, 0.717) is 13.4 Å². The SMILES string of the molecule is N[C@@H](Cc1ccc(O[B]O)cc1)C(=O)O. The van der Waals surface area contributed by atoms with Crippen molar-refractivity contribution < 1.29 is 19.6 Å². The normalized spacial score (nSPS) is 11.9. The Morgan fingerprint density at radius 3 is 2.53 bits per heavy atom. The maximum Gasteiger partial charge on any atom is 0.569 e. The maximum atomic E-state index is 10.5. The lowest BCUT2D eigenvalue weighted by atomic mass is 10.1. The van der Waals surface area contributed by atoms with Gasteiger partial charge in [0, 0.05) is 0 Å². The lowest BCUT2D eigenvalue weighted by molar-refractivity contribution is -0.138. The molecule has 4 N–H and O–H groups in total. The van der Waals surface area contributed by atoms with Crippen molar-refractivity contribution in [3.63, 3.8) is 0 Å². The number of rotatable bonds is 5. The largest absolute Gasteiger partial charge is 0.569 e. The summed E-state index contributed by atoms with van der Waals surface area (Å²) in [4.78, 5) is 10.5. The highest BCUT2D eigenvalue weighted by molar-refractivity contribution is 6.17. The summed E-state index contributed by atoms with van der Waals surface area (Å²) in [6.45, 7) is 0. The Morgan fingerprint density at radius 2 is 2.07 bits per heavy atom. The first-order valence-corrected chi connectivity index (χ1v) is 4.33. The second-order valence-electron chi connectivity index (χ2n) is 3.02. The van der Waals surface area contributed by atoms with Gasteiger partial charge in [0.25, 0.3) is 0 Å². The van der Waals surface area contributed by atoms with Crippen molar-refractivity contribution in [3.05, 3.63) is 29.8 Å². The number of hydrogen-bond donors (Lipinski definition) is 3. The minimum Gasteiger partial charge on any atom is -0.537 e. The van der Waals surface area contributed by atoms with Crippen LogP contribution in [0.1, 0.15) is 5.56 Å². The molecule has 0 unspecified atom stereocenters. The smallest absolute Gasteiger partial charge is 0.537 e. The molecule has 0 aliphatic rings. The van der Waals surface area contributed by atoms with E-state index in [1.54, 1.807) is 24.3 Å². The molecule has 0 amide bonds. The van der Waals surface area contributed by atoms with Gasteiger partial charge in [0.1, 0.15) is 6.04 Å². The van der Waals surface area contributed by atoms with Crippen LogP contribution in [0, 0.1) is 0 Å². The van der Waals surface area contributed by atoms with Gasteiger partial charge >= 0.3 is 13.7 Å². The Labute approximate surface area is 87.8 Å². The molecule has 15 heavy (non-hydrogen) atoms. The fourth-order valence-corrected chi connectivity index (χ4v) is 1.11. The van der Waals surface area contributed by atoms with Crippen molar-refractivity contribution in [1.29, 1.82) is 0 Å². The summed E-state index contributed by atoms with van der Waals surface area (Å²) < 4.78 is 4.70. The zero-order chi connectivity index (χ0) is 11.3. The number of hydrogen-bond acceptors (Lipinski definition) is 4. The minimum absolute atomic E-state index is 0.262. The predicted octanol–water partition coefficient (Wildman–Crippen LogP) is -0.454. The zero-order valence-corrected chi connectivity index (χ0v) is 7.96. The second-order valence-corrected chi connectivity index (χ2v) is 3.02. The topological polar surface area (TPSA) is 92.8 Å². The van der Waals surface area contributed by atoms with Crippen molar-refractivity contribution in [2.24, 2.45) is 5.73 Å².